The number of anilines is 2. The number of rotatable bonds is 3. The van der Waals surface area contributed by atoms with Crippen LogP contribution in [0.3, 0.4) is 0 Å². The van der Waals surface area contributed by atoms with Gasteiger partial charge in [0.2, 0.25) is 0 Å². The highest BCUT2D eigenvalue weighted by Gasteiger charge is 2.45. The molecule has 0 atom stereocenters. The van der Waals surface area contributed by atoms with E-state index in [1.54, 1.807) is 0 Å². The van der Waals surface area contributed by atoms with E-state index in [0.717, 1.165) is 82.8 Å². The highest BCUT2D eigenvalue weighted by Crippen LogP contribution is 2.48. The Morgan fingerprint density at radius 1 is 1.03 bits per heavy atom. The molecule has 0 saturated heterocycles. The van der Waals surface area contributed by atoms with E-state index in [1.165, 1.54) is 6.42 Å². The lowest BCUT2D eigenvalue weighted by Gasteiger charge is -2.40. The minimum Gasteiger partial charge on any atom is -0.341 e. The number of nitrogens with one attached hydrogen (secondary N) is 1. The first kappa shape index (κ1) is 18.8. The predicted octanol–water partition coefficient (Wildman–Crippen LogP) is 5.26. The molecule has 1 saturated carbocycles. The van der Waals surface area contributed by atoms with E-state index in [1.807, 2.05) is 37.4 Å². The van der Waals surface area contributed by atoms with E-state index in [2.05, 4.69) is 32.0 Å². The van der Waals surface area contributed by atoms with E-state index in [-0.39, 0.29) is 5.41 Å². The van der Waals surface area contributed by atoms with Crippen LogP contribution in [0, 0.1) is 6.92 Å². The molecule has 0 bridgehead atoms. The largest absolute Gasteiger partial charge is 0.341 e. The fraction of sp³-hybridized carbons (Fsp3) is 0.333. The van der Waals surface area contributed by atoms with Gasteiger partial charge in [-0.25, -0.2) is 15.0 Å². The molecule has 156 valence electrons. The summed E-state index contributed by atoms with van der Waals surface area (Å²) < 4.78 is 0. The molecule has 1 aliphatic heterocycles. The molecular weight excluding hydrogens is 408 g/mol. The molecule has 1 fully saturated rings. The topological polar surface area (TPSA) is 70.6 Å². The van der Waals surface area contributed by atoms with Crippen molar-refractivity contribution in [2.75, 3.05) is 11.4 Å². The number of aromatic nitrogens is 5. The Morgan fingerprint density at radius 2 is 1.94 bits per heavy atom. The second-order valence-electron chi connectivity index (χ2n) is 8.56. The molecule has 4 heterocycles. The number of aromatic amines is 1. The number of pyridine rings is 1. The third-order valence-corrected chi connectivity index (χ3v) is 6.90. The summed E-state index contributed by atoms with van der Waals surface area (Å²) in [7, 11) is 0. The van der Waals surface area contributed by atoms with Crippen LogP contribution in [0.1, 0.15) is 48.7 Å². The first-order chi connectivity index (χ1) is 15.1. The highest BCUT2D eigenvalue weighted by atomic mass is 35.5. The Morgan fingerprint density at radius 3 is 2.74 bits per heavy atom. The zero-order valence-electron chi connectivity index (χ0n) is 17.4. The minimum absolute atomic E-state index is 0.145. The molecule has 0 spiro atoms. The maximum atomic E-state index is 6.19. The van der Waals surface area contributed by atoms with Crippen molar-refractivity contribution in [3.8, 4) is 0 Å². The molecule has 3 aromatic heterocycles. The van der Waals surface area contributed by atoms with Crippen LogP contribution in [0.4, 0.5) is 11.5 Å². The normalized spacial score (nSPS) is 17.4. The predicted molar refractivity (Wildman–Crippen MR) is 122 cm³/mol. The van der Waals surface area contributed by atoms with Gasteiger partial charge in [-0.1, -0.05) is 18.0 Å². The Labute approximate surface area is 185 Å². The molecular formula is C24H23ClN6. The van der Waals surface area contributed by atoms with Gasteiger partial charge in [0.25, 0.3) is 0 Å². The molecule has 1 aromatic carbocycles. The van der Waals surface area contributed by atoms with Crippen molar-refractivity contribution in [3.05, 3.63) is 70.7 Å². The summed E-state index contributed by atoms with van der Waals surface area (Å²) >= 11 is 6.19. The van der Waals surface area contributed by atoms with Gasteiger partial charge in [0, 0.05) is 17.8 Å². The van der Waals surface area contributed by atoms with Crippen LogP contribution in [0.2, 0.25) is 5.02 Å². The summed E-state index contributed by atoms with van der Waals surface area (Å²) in [4.78, 5) is 24.8. The maximum Gasteiger partial charge on any atom is 0.136 e. The minimum atomic E-state index is -0.145. The lowest BCUT2D eigenvalue weighted by Crippen LogP contribution is -2.38. The van der Waals surface area contributed by atoms with Gasteiger partial charge in [0.05, 0.1) is 33.5 Å². The molecule has 0 unspecified atom stereocenters. The Kier molecular flexibility index (Phi) is 4.25. The molecule has 31 heavy (non-hydrogen) atoms. The number of fused-ring (bicyclic) bond motifs is 2. The summed E-state index contributed by atoms with van der Waals surface area (Å²) in [5, 5.41) is 0.720. The summed E-state index contributed by atoms with van der Waals surface area (Å²) in [6, 6.07) is 12.2. The van der Waals surface area contributed by atoms with Gasteiger partial charge in [-0.15, -0.1) is 0 Å². The average Bonchev–Trinajstić information content (AvgIpc) is 3.15. The Balaban J connectivity index is 1.41. The monoisotopic (exact) mass is 430 g/mol. The van der Waals surface area contributed by atoms with Gasteiger partial charge in [-0.2, -0.15) is 0 Å². The molecule has 2 aliphatic rings. The van der Waals surface area contributed by atoms with Crippen LogP contribution in [0.15, 0.2) is 42.6 Å². The fourth-order valence-electron chi connectivity index (χ4n) is 4.90. The van der Waals surface area contributed by atoms with Crippen molar-refractivity contribution in [2.24, 2.45) is 0 Å². The van der Waals surface area contributed by atoms with Crippen LogP contribution >= 0.6 is 11.6 Å². The van der Waals surface area contributed by atoms with Crippen LogP contribution in [0.5, 0.6) is 0 Å². The first-order valence-electron chi connectivity index (χ1n) is 10.9. The quantitative estimate of drug-likeness (QED) is 0.479. The molecule has 7 heteroatoms. The van der Waals surface area contributed by atoms with Gasteiger partial charge in [-0.05, 0) is 69.0 Å². The van der Waals surface area contributed by atoms with Crippen molar-refractivity contribution < 1.29 is 0 Å². The average molecular weight is 431 g/mol. The van der Waals surface area contributed by atoms with E-state index in [0.29, 0.717) is 0 Å². The van der Waals surface area contributed by atoms with Gasteiger partial charge < -0.3 is 9.88 Å². The molecule has 6 nitrogen and oxygen atoms in total. The number of hydrogen-bond donors (Lipinski definition) is 1. The van der Waals surface area contributed by atoms with Gasteiger partial charge in [0.15, 0.2) is 0 Å². The fourth-order valence-corrected chi connectivity index (χ4v) is 5.07. The van der Waals surface area contributed by atoms with Crippen LogP contribution in [-0.2, 0) is 11.8 Å². The third kappa shape index (κ3) is 3.00. The lowest BCUT2D eigenvalue weighted by atomic mass is 9.65. The Hall–Kier alpha value is -2.99. The third-order valence-electron chi connectivity index (χ3n) is 6.67. The molecule has 1 N–H and O–H groups in total. The lowest BCUT2D eigenvalue weighted by molar-refractivity contribution is 0.279. The summed E-state index contributed by atoms with van der Waals surface area (Å²) in [6.07, 6.45) is 7.16. The van der Waals surface area contributed by atoms with Crippen molar-refractivity contribution >= 4 is 34.1 Å². The summed E-state index contributed by atoms with van der Waals surface area (Å²) in [5.74, 6) is 2.73. The second-order valence-corrected chi connectivity index (χ2v) is 9.00. The molecule has 0 amide bonds. The first-order valence-corrected chi connectivity index (χ1v) is 11.2. The van der Waals surface area contributed by atoms with E-state index in [4.69, 9.17) is 21.6 Å². The van der Waals surface area contributed by atoms with Gasteiger partial charge >= 0.3 is 0 Å². The summed E-state index contributed by atoms with van der Waals surface area (Å²) in [5.41, 5.74) is 5.20. The van der Waals surface area contributed by atoms with E-state index < -0.39 is 0 Å². The molecule has 0 radical (unpaired) electrons. The van der Waals surface area contributed by atoms with Gasteiger partial charge in [-0.3, -0.25) is 4.98 Å². The number of nitrogens with zero attached hydrogens (tertiary/aromatic N) is 5. The molecule has 6 rings (SSSR count). The molecule has 4 aromatic rings. The maximum absolute atomic E-state index is 6.19. The number of imidazole rings is 1. The second kappa shape index (κ2) is 7.02. The van der Waals surface area contributed by atoms with E-state index in [9.17, 15) is 0 Å². The Bertz CT molecular complexity index is 1290. The zero-order valence-corrected chi connectivity index (χ0v) is 18.2. The van der Waals surface area contributed by atoms with Crippen molar-refractivity contribution in [1.82, 2.24) is 24.9 Å². The highest BCUT2D eigenvalue weighted by molar-refractivity contribution is 6.31. The van der Waals surface area contributed by atoms with Crippen molar-refractivity contribution in [2.45, 2.75) is 44.4 Å². The SMILES string of the molecule is Cc1nccc(N2CCCc3nc(C4(c5nc6ccc(Cl)cc6[nH]5)CCC4)ccc32)n1. The van der Waals surface area contributed by atoms with Crippen LogP contribution in [-0.4, -0.2) is 31.5 Å². The van der Waals surface area contributed by atoms with Gasteiger partial charge in [0.1, 0.15) is 17.5 Å². The standard InChI is InChI=1S/C24H23ClN6/c1-15-26-12-9-22(27-15)31-13-2-4-18-20(31)7-8-21(28-18)24(10-3-11-24)23-29-17-6-5-16(25)14-19(17)30-23/h5-9,12,14H,2-4,10-11,13H2,1H3,(H,29,30). The number of hydrogen-bond acceptors (Lipinski definition) is 5. The van der Waals surface area contributed by atoms with Crippen LogP contribution in [0.25, 0.3) is 11.0 Å². The smallest absolute Gasteiger partial charge is 0.136 e. The van der Waals surface area contributed by atoms with Crippen molar-refractivity contribution in [3.63, 3.8) is 0 Å². The number of H-pyrrole nitrogens is 1. The number of aryl methyl sites for hydroxylation is 2. The van der Waals surface area contributed by atoms with Crippen LogP contribution < -0.4 is 4.90 Å². The zero-order chi connectivity index (χ0) is 21.0. The number of halogens is 1. The summed E-state index contributed by atoms with van der Waals surface area (Å²) in [6.45, 7) is 2.87. The number of benzene rings is 1. The van der Waals surface area contributed by atoms with Crippen molar-refractivity contribution in [1.29, 1.82) is 0 Å². The molecule has 1 aliphatic carbocycles. The van der Waals surface area contributed by atoms with E-state index >= 15 is 0 Å².